The average Bonchev–Trinajstić information content (AvgIpc) is 2.64. The Morgan fingerprint density at radius 2 is 2.25 bits per heavy atom. The van der Waals surface area contributed by atoms with Gasteiger partial charge in [0.2, 0.25) is 0 Å². The van der Waals surface area contributed by atoms with Crippen molar-refractivity contribution in [2.75, 3.05) is 18.1 Å². The maximum atomic E-state index is 11.3. The maximum absolute atomic E-state index is 11.3. The monoisotopic (exact) mass is 325 g/mol. The van der Waals surface area contributed by atoms with E-state index in [9.17, 15) is 8.42 Å². The van der Waals surface area contributed by atoms with Gasteiger partial charge >= 0.3 is 0 Å². The Hall–Kier alpha value is 0.0900. The van der Waals surface area contributed by atoms with E-state index in [1.807, 2.05) is 18.4 Å². The molecule has 6 heteroatoms. The van der Waals surface area contributed by atoms with Crippen LogP contribution < -0.4 is 5.32 Å². The van der Waals surface area contributed by atoms with E-state index in [2.05, 4.69) is 21.2 Å². The van der Waals surface area contributed by atoms with Crippen molar-refractivity contribution in [3.05, 3.63) is 20.8 Å². The zero-order chi connectivity index (χ0) is 12.2. The molecular formula is C10H16BrNO2S2. The molecule has 1 N–H and O–H groups in total. The zero-order valence-corrected chi connectivity index (χ0v) is 12.6. The highest BCUT2D eigenvalue weighted by Gasteiger charge is 2.12. The van der Waals surface area contributed by atoms with E-state index in [-0.39, 0.29) is 17.5 Å². The molecule has 0 amide bonds. The van der Waals surface area contributed by atoms with Gasteiger partial charge in [-0.3, -0.25) is 0 Å². The van der Waals surface area contributed by atoms with Gasteiger partial charge in [0, 0.05) is 27.7 Å². The van der Waals surface area contributed by atoms with Gasteiger partial charge in [-0.15, -0.1) is 11.3 Å². The summed E-state index contributed by atoms with van der Waals surface area (Å²) in [6, 6.07) is 2.18. The molecule has 92 valence electrons. The van der Waals surface area contributed by atoms with Gasteiger partial charge in [0.1, 0.15) is 0 Å². The number of hydrogen-bond acceptors (Lipinski definition) is 4. The van der Waals surface area contributed by atoms with Crippen LogP contribution in [0.4, 0.5) is 0 Å². The largest absolute Gasteiger partial charge is 0.308 e. The SMILES string of the molecule is CCS(=O)(=O)CCNC(C)c1sccc1Br. The van der Waals surface area contributed by atoms with E-state index < -0.39 is 9.84 Å². The molecule has 0 saturated heterocycles. The first-order chi connectivity index (χ1) is 7.46. The number of sulfone groups is 1. The van der Waals surface area contributed by atoms with Crippen molar-refractivity contribution >= 4 is 37.1 Å². The summed E-state index contributed by atoms with van der Waals surface area (Å²) in [6.07, 6.45) is 0. The minimum atomic E-state index is -2.86. The summed E-state index contributed by atoms with van der Waals surface area (Å²) >= 11 is 5.13. The normalized spacial score (nSPS) is 13.9. The molecule has 0 saturated carbocycles. The molecule has 3 nitrogen and oxygen atoms in total. The summed E-state index contributed by atoms with van der Waals surface area (Å²) < 4.78 is 23.7. The summed E-state index contributed by atoms with van der Waals surface area (Å²) in [5, 5.41) is 5.23. The third-order valence-electron chi connectivity index (χ3n) is 2.34. The van der Waals surface area contributed by atoms with Crippen molar-refractivity contribution in [2.45, 2.75) is 19.9 Å². The maximum Gasteiger partial charge on any atom is 0.151 e. The van der Waals surface area contributed by atoms with Gasteiger partial charge in [0.25, 0.3) is 0 Å². The molecule has 0 aliphatic carbocycles. The van der Waals surface area contributed by atoms with Crippen LogP contribution in [-0.4, -0.2) is 26.5 Å². The quantitative estimate of drug-likeness (QED) is 0.874. The third-order valence-corrected chi connectivity index (χ3v) is 6.10. The molecule has 0 bridgehead atoms. The van der Waals surface area contributed by atoms with Gasteiger partial charge in [0.15, 0.2) is 9.84 Å². The summed E-state index contributed by atoms with van der Waals surface area (Å²) in [6.45, 7) is 4.21. The van der Waals surface area contributed by atoms with Crippen LogP contribution in [0.15, 0.2) is 15.9 Å². The highest BCUT2D eigenvalue weighted by atomic mass is 79.9. The van der Waals surface area contributed by atoms with Crippen LogP contribution in [0.5, 0.6) is 0 Å². The van der Waals surface area contributed by atoms with Crippen molar-refractivity contribution in [1.29, 1.82) is 0 Å². The van der Waals surface area contributed by atoms with Crippen molar-refractivity contribution in [1.82, 2.24) is 5.32 Å². The van der Waals surface area contributed by atoms with Crippen LogP contribution in [-0.2, 0) is 9.84 Å². The molecule has 1 atom stereocenters. The van der Waals surface area contributed by atoms with Gasteiger partial charge in [-0.2, -0.15) is 0 Å². The lowest BCUT2D eigenvalue weighted by molar-refractivity contribution is 0.576. The summed E-state index contributed by atoms with van der Waals surface area (Å²) in [7, 11) is -2.86. The van der Waals surface area contributed by atoms with Crippen molar-refractivity contribution < 1.29 is 8.42 Å². The van der Waals surface area contributed by atoms with E-state index >= 15 is 0 Å². The Morgan fingerprint density at radius 1 is 1.56 bits per heavy atom. The van der Waals surface area contributed by atoms with Crippen molar-refractivity contribution in [2.24, 2.45) is 0 Å². The Bertz CT molecular complexity index is 428. The fraction of sp³-hybridized carbons (Fsp3) is 0.600. The first-order valence-electron chi connectivity index (χ1n) is 5.13. The van der Waals surface area contributed by atoms with Crippen LogP contribution in [0.3, 0.4) is 0 Å². The zero-order valence-electron chi connectivity index (χ0n) is 9.36. The number of nitrogens with one attached hydrogen (secondary N) is 1. The van der Waals surface area contributed by atoms with Crippen molar-refractivity contribution in [3.8, 4) is 0 Å². The molecule has 0 aliphatic heterocycles. The average molecular weight is 326 g/mol. The predicted octanol–water partition coefficient (Wildman–Crippen LogP) is 2.60. The Kier molecular flexibility index (Phi) is 5.43. The highest BCUT2D eigenvalue weighted by Crippen LogP contribution is 2.28. The molecule has 1 heterocycles. The second kappa shape index (κ2) is 6.14. The fourth-order valence-electron chi connectivity index (χ4n) is 1.28. The topological polar surface area (TPSA) is 46.2 Å². The molecular weight excluding hydrogens is 310 g/mol. The number of halogens is 1. The van der Waals surface area contributed by atoms with Crippen molar-refractivity contribution in [3.63, 3.8) is 0 Å². The minimum Gasteiger partial charge on any atom is -0.308 e. The second-order valence-corrected chi connectivity index (χ2v) is 7.82. The number of thiophene rings is 1. The van der Waals surface area contributed by atoms with E-state index in [4.69, 9.17) is 0 Å². The molecule has 1 aromatic rings. The van der Waals surface area contributed by atoms with E-state index in [0.29, 0.717) is 6.54 Å². The van der Waals surface area contributed by atoms with E-state index in [0.717, 1.165) is 4.47 Å². The highest BCUT2D eigenvalue weighted by molar-refractivity contribution is 9.10. The fourth-order valence-corrected chi connectivity index (χ4v) is 3.75. The molecule has 1 rings (SSSR count). The lowest BCUT2D eigenvalue weighted by Gasteiger charge is -2.12. The van der Waals surface area contributed by atoms with Gasteiger partial charge < -0.3 is 5.32 Å². The Morgan fingerprint density at radius 3 is 2.75 bits per heavy atom. The molecule has 0 fully saturated rings. The van der Waals surface area contributed by atoms with Crippen LogP contribution in [0.2, 0.25) is 0 Å². The van der Waals surface area contributed by atoms with Gasteiger partial charge in [0.05, 0.1) is 5.75 Å². The summed E-state index contributed by atoms with van der Waals surface area (Å²) in [5.74, 6) is 0.419. The first-order valence-corrected chi connectivity index (χ1v) is 8.62. The second-order valence-electron chi connectivity index (χ2n) is 3.54. The molecule has 0 aromatic carbocycles. The Balaban J connectivity index is 2.43. The molecule has 0 radical (unpaired) electrons. The van der Waals surface area contributed by atoms with Gasteiger partial charge in [-0.05, 0) is 34.3 Å². The first kappa shape index (κ1) is 14.2. The third kappa shape index (κ3) is 4.16. The van der Waals surface area contributed by atoms with Crippen LogP contribution in [0, 0.1) is 0 Å². The van der Waals surface area contributed by atoms with E-state index in [1.165, 1.54) is 4.88 Å². The molecule has 1 aromatic heterocycles. The number of hydrogen-bond donors (Lipinski definition) is 1. The van der Waals surface area contributed by atoms with Crippen LogP contribution in [0.1, 0.15) is 24.8 Å². The molecule has 16 heavy (non-hydrogen) atoms. The van der Waals surface area contributed by atoms with Crippen LogP contribution in [0.25, 0.3) is 0 Å². The lowest BCUT2D eigenvalue weighted by Crippen LogP contribution is -2.26. The summed E-state index contributed by atoms with van der Waals surface area (Å²) in [4.78, 5) is 1.20. The summed E-state index contributed by atoms with van der Waals surface area (Å²) in [5.41, 5.74) is 0. The predicted molar refractivity (Wildman–Crippen MR) is 72.8 cm³/mol. The molecule has 0 aliphatic rings. The lowest BCUT2D eigenvalue weighted by atomic mass is 10.3. The molecule has 1 unspecified atom stereocenters. The Labute approximate surface area is 109 Å². The van der Waals surface area contributed by atoms with Gasteiger partial charge in [-0.25, -0.2) is 8.42 Å². The molecule has 0 spiro atoms. The standard InChI is InChI=1S/C10H16BrNO2S2/c1-3-16(13,14)7-5-12-8(2)10-9(11)4-6-15-10/h4,6,8,12H,3,5,7H2,1-2H3. The van der Waals surface area contributed by atoms with E-state index in [1.54, 1.807) is 18.3 Å². The number of rotatable bonds is 6. The smallest absolute Gasteiger partial charge is 0.151 e. The minimum absolute atomic E-state index is 0.182. The van der Waals surface area contributed by atoms with Gasteiger partial charge in [-0.1, -0.05) is 6.92 Å². The van der Waals surface area contributed by atoms with Crippen LogP contribution >= 0.6 is 27.3 Å².